The first-order valence-corrected chi connectivity index (χ1v) is 5.50. The molecule has 0 atom stereocenters. The summed E-state index contributed by atoms with van der Waals surface area (Å²) in [5.41, 5.74) is 0. The molecule has 0 fully saturated rings. The Kier molecular flexibility index (Phi) is 21.8. The van der Waals surface area contributed by atoms with Gasteiger partial charge in [-0.1, -0.05) is 0 Å². The van der Waals surface area contributed by atoms with E-state index in [4.69, 9.17) is 0 Å². The molecule has 0 N–H and O–H groups in total. The Morgan fingerprint density at radius 2 is 0.739 bits per heavy atom. The molecular weight excluding hydrogens is 297 g/mol. The third-order valence-electron chi connectivity index (χ3n) is 1.39. The molecule has 0 heterocycles. The quantitative estimate of drug-likeness (QED) is 0.400. The Morgan fingerprint density at radius 3 is 0.870 bits per heavy atom. The van der Waals surface area contributed by atoms with Crippen molar-refractivity contribution in [3.8, 4) is 0 Å². The maximum atomic E-state index is 10.8. The topological polar surface area (TPSA) is 112 Å². The van der Waals surface area contributed by atoms with E-state index in [0.717, 1.165) is 27.7 Å². The standard InChI is InChI=1S/C10H16N2O8.3Li/c1-7(13)17-11(18-8(2)14)5-6-12(19-9(3)15)20-10(4)16;;;/h5-6H2,1-4H3;;;. The molecule has 0 aliphatic heterocycles. The molecule has 0 aromatic heterocycles. The van der Waals surface area contributed by atoms with Gasteiger partial charge < -0.3 is 19.4 Å². The zero-order valence-corrected chi connectivity index (χ0v) is 14.6. The van der Waals surface area contributed by atoms with Crippen LogP contribution in [-0.2, 0) is 38.5 Å². The Labute approximate surface area is 169 Å². The normalized spacial score (nSPS) is 8.78. The fourth-order valence-corrected chi connectivity index (χ4v) is 0.957. The minimum absolute atomic E-state index is 0. The van der Waals surface area contributed by atoms with Crippen LogP contribution in [-0.4, -0.2) is 104 Å². The largest absolute Gasteiger partial charge is 0.333 e. The van der Waals surface area contributed by atoms with Crippen LogP contribution in [0.4, 0.5) is 0 Å². The van der Waals surface area contributed by atoms with Gasteiger partial charge in [-0.05, 0) is 0 Å². The Balaban J connectivity index is -0.000000602. The molecule has 0 saturated heterocycles. The molecular formula is C10H16Li3N2O8. The van der Waals surface area contributed by atoms with E-state index in [1.807, 2.05) is 0 Å². The van der Waals surface area contributed by atoms with Gasteiger partial charge in [0.05, 0.1) is 13.1 Å². The van der Waals surface area contributed by atoms with Crippen molar-refractivity contribution in [2.24, 2.45) is 0 Å². The summed E-state index contributed by atoms with van der Waals surface area (Å²) in [6.07, 6.45) is 0. The fraction of sp³-hybridized carbons (Fsp3) is 0.600. The molecule has 0 aliphatic rings. The predicted octanol–water partition coefficient (Wildman–Crippen LogP) is -1.64. The van der Waals surface area contributed by atoms with Crippen molar-refractivity contribution in [2.75, 3.05) is 13.1 Å². The third-order valence-corrected chi connectivity index (χ3v) is 1.39. The van der Waals surface area contributed by atoms with Crippen molar-refractivity contribution in [1.29, 1.82) is 0 Å². The van der Waals surface area contributed by atoms with Gasteiger partial charge in [-0.3, -0.25) is 19.2 Å². The van der Waals surface area contributed by atoms with Crippen LogP contribution in [0.1, 0.15) is 27.7 Å². The van der Waals surface area contributed by atoms with Gasteiger partial charge in [0, 0.05) is 94.7 Å². The van der Waals surface area contributed by atoms with Gasteiger partial charge >= 0.3 is 23.9 Å². The van der Waals surface area contributed by atoms with Crippen LogP contribution in [0.3, 0.4) is 0 Å². The molecule has 0 amide bonds. The average molecular weight is 313 g/mol. The van der Waals surface area contributed by atoms with E-state index in [-0.39, 0.29) is 69.7 Å². The van der Waals surface area contributed by atoms with E-state index in [9.17, 15) is 19.2 Å². The van der Waals surface area contributed by atoms with Crippen molar-refractivity contribution < 1.29 is 38.5 Å². The van der Waals surface area contributed by atoms with E-state index in [0.29, 0.717) is 10.5 Å². The molecule has 0 aromatic rings. The number of carbonyl (C=O) groups excluding carboxylic acids is 4. The summed E-state index contributed by atoms with van der Waals surface area (Å²) in [5, 5.41) is 1.15. The van der Waals surface area contributed by atoms with Gasteiger partial charge in [0.2, 0.25) is 0 Å². The van der Waals surface area contributed by atoms with Crippen LogP contribution < -0.4 is 0 Å². The Bertz CT molecular complexity index is 328. The van der Waals surface area contributed by atoms with Gasteiger partial charge in [-0.15, -0.1) is 0 Å². The van der Waals surface area contributed by atoms with Crippen molar-refractivity contribution in [3.05, 3.63) is 0 Å². The molecule has 0 spiro atoms. The number of rotatable bonds is 7. The van der Waals surface area contributed by atoms with Crippen LogP contribution in [0.2, 0.25) is 0 Å². The minimum atomic E-state index is -0.724. The molecule has 3 radical (unpaired) electrons. The zero-order valence-electron chi connectivity index (χ0n) is 14.6. The van der Waals surface area contributed by atoms with E-state index < -0.39 is 23.9 Å². The number of carbonyl (C=O) groups is 4. The molecule has 0 aliphatic carbocycles. The second-order valence-corrected chi connectivity index (χ2v) is 3.44. The molecule has 0 rings (SSSR count). The molecule has 23 heavy (non-hydrogen) atoms. The number of hydroxylamine groups is 4. The van der Waals surface area contributed by atoms with Crippen LogP contribution in [0.25, 0.3) is 0 Å². The molecule has 10 nitrogen and oxygen atoms in total. The first kappa shape index (κ1) is 30.5. The van der Waals surface area contributed by atoms with Gasteiger partial charge in [0.1, 0.15) is 0 Å². The van der Waals surface area contributed by atoms with Crippen LogP contribution in [0.15, 0.2) is 0 Å². The molecule has 13 heteroatoms. The van der Waals surface area contributed by atoms with Crippen molar-refractivity contribution in [3.63, 3.8) is 0 Å². The van der Waals surface area contributed by atoms with Crippen molar-refractivity contribution in [2.45, 2.75) is 27.7 Å². The van der Waals surface area contributed by atoms with E-state index >= 15 is 0 Å². The van der Waals surface area contributed by atoms with Crippen molar-refractivity contribution >= 4 is 80.5 Å². The van der Waals surface area contributed by atoms with Crippen LogP contribution in [0, 0.1) is 0 Å². The van der Waals surface area contributed by atoms with Gasteiger partial charge in [0.25, 0.3) is 0 Å². The predicted molar refractivity (Wildman–Crippen MR) is 77.7 cm³/mol. The Hall–Kier alpha value is -0.408. The molecule has 0 saturated carbocycles. The summed E-state index contributed by atoms with van der Waals surface area (Å²) in [6.45, 7) is 3.97. The van der Waals surface area contributed by atoms with E-state index in [1.54, 1.807) is 0 Å². The summed E-state index contributed by atoms with van der Waals surface area (Å²) in [7, 11) is 0. The summed E-state index contributed by atoms with van der Waals surface area (Å²) >= 11 is 0. The van der Waals surface area contributed by atoms with Crippen LogP contribution in [0.5, 0.6) is 0 Å². The zero-order chi connectivity index (χ0) is 15.7. The van der Waals surface area contributed by atoms with Gasteiger partial charge in [-0.25, -0.2) is 0 Å². The first-order valence-electron chi connectivity index (χ1n) is 5.50. The first-order chi connectivity index (χ1) is 9.20. The monoisotopic (exact) mass is 313 g/mol. The average Bonchev–Trinajstić information content (AvgIpc) is 2.22. The van der Waals surface area contributed by atoms with E-state index in [1.165, 1.54) is 0 Å². The number of hydrogen-bond acceptors (Lipinski definition) is 10. The molecule has 0 aromatic carbocycles. The minimum Gasteiger partial charge on any atom is -0.333 e. The number of nitrogens with zero attached hydrogens (tertiary/aromatic N) is 2. The maximum absolute atomic E-state index is 10.8. The smallest absolute Gasteiger partial charge is 0.326 e. The van der Waals surface area contributed by atoms with Crippen LogP contribution >= 0.6 is 0 Å². The summed E-state index contributed by atoms with van der Waals surface area (Å²) < 4.78 is 0. The molecule has 0 bridgehead atoms. The summed E-state index contributed by atoms with van der Waals surface area (Å²) in [4.78, 5) is 61.4. The van der Waals surface area contributed by atoms with Crippen molar-refractivity contribution in [1.82, 2.24) is 10.5 Å². The second-order valence-electron chi connectivity index (χ2n) is 3.44. The molecule has 117 valence electrons. The van der Waals surface area contributed by atoms with E-state index in [2.05, 4.69) is 19.4 Å². The van der Waals surface area contributed by atoms with Gasteiger partial charge in [-0.2, -0.15) is 0 Å². The fourth-order valence-electron chi connectivity index (χ4n) is 0.957. The molecule has 0 unspecified atom stereocenters. The SMILES string of the molecule is CC(=O)ON(CCN(OC(C)=O)OC(C)=O)OC(C)=O.[Li].[Li].[Li]. The summed E-state index contributed by atoms with van der Waals surface area (Å²) in [5.74, 6) is -2.90. The second kappa shape index (κ2) is 16.4. The number of hydrogen-bond donors (Lipinski definition) is 0. The maximum Gasteiger partial charge on any atom is 0.326 e. The third kappa shape index (κ3) is 19.5. The summed E-state index contributed by atoms with van der Waals surface area (Å²) in [6, 6.07) is 0. The Morgan fingerprint density at radius 1 is 0.565 bits per heavy atom. The van der Waals surface area contributed by atoms with Gasteiger partial charge in [0.15, 0.2) is 0 Å².